The quantitative estimate of drug-likeness (QED) is 0.207. The van der Waals surface area contributed by atoms with Gasteiger partial charge in [0.25, 0.3) is 0 Å². The summed E-state index contributed by atoms with van der Waals surface area (Å²) in [4.78, 5) is 24.4. The topological polar surface area (TPSA) is 58.1 Å². The van der Waals surface area contributed by atoms with E-state index in [1.165, 1.54) is 16.7 Å². The molecule has 1 heterocycles. The van der Waals surface area contributed by atoms with Crippen molar-refractivity contribution in [3.63, 3.8) is 0 Å². The van der Waals surface area contributed by atoms with Gasteiger partial charge in [0.15, 0.2) is 0 Å². The van der Waals surface area contributed by atoms with E-state index in [0.717, 1.165) is 52.7 Å². The number of carbonyl (C=O) groups excluding carboxylic acids is 1. The molecule has 0 atom stereocenters. The van der Waals surface area contributed by atoms with Gasteiger partial charge in [-0.15, -0.1) is 0 Å². The summed E-state index contributed by atoms with van der Waals surface area (Å²) >= 11 is 0. The van der Waals surface area contributed by atoms with Gasteiger partial charge in [-0.25, -0.2) is 9.97 Å². The monoisotopic (exact) mass is 526 g/mol. The minimum absolute atomic E-state index is 0.240. The molecule has 1 N–H and O–H groups in total. The standard InChI is InChI=1S/C35H34N4O/c1-25-7-5-10-27(19-25)22-36-35-32-21-30(14-17-33(32)37-24-38-35)29-12-6-11-28(20-29)23-39(31-15-16-31)34(40)18-13-26-8-3-2-4-9-26/h2-12,14,17,19-21,24,31H,13,15-16,18,22-23H2,1H3,(H,36,37,38). The molecule has 6 rings (SSSR count). The van der Waals surface area contributed by atoms with Crippen LogP contribution in [0.15, 0.2) is 103 Å². The number of aryl methyl sites for hydroxylation is 2. The number of nitrogens with one attached hydrogen (secondary N) is 1. The van der Waals surface area contributed by atoms with Crippen LogP contribution in [0.1, 0.15) is 41.5 Å². The minimum Gasteiger partial charge on any atom is -0.365 e. The van der Waals surface area contributed by atoms with Crippen molar-refractivity contribution in [3.8, 4) is 11.1 Å². The van der Waals surface area contributed by atoms with Gasteiger partial charge in [-0.2, -0.15) is 0 Å². The van der Waals surface area contributed by atoms with Gasteiger partial charge in [-0.3, -0.25) is 4.79 Å². The molecule has 200 valence electrons. The maximum atomic E-state index is 13.2. The maximum Gasteiger partial charge on any atom is 0.223 e. The van der Waals surface area contributed by atoms with Crippen LogP contribution in [0.25, 0.3) is 22.0 Å². The van der Waals surface area contributed by atoms with Gasteiger partial charge < -0.3 is 10.2 Å². The van der Waals surface area contributed by atoms with Gasteiger partial charge in [-0.05, 0) is 72.2 Å². The first-order chi connectivity index (χ1) is 19.6. The van der Waals surface area contributed by atoms with Crippen LogP contribution in [-0.4, -0.2) is 26.8 Å². The van der Waals surface area contributed by atoms with Crippen LogP contribution in [0, 0.1) is 6.92 Å². The number of nitrogens with zero attached hydrogens (tertiary/aromatic N) is 3. The van der Waals surface area contributed by atoms with E-state index < -0.39 is 0 Å². The van der Waals surface area contributed by atoms with E-state index in [4.69, 9.17) is 0 Å². The number of anilines is 1. The van der Waals surface area contributed by atoms with Crippen molar-refractivity contribution in [1.82, 2.24) is 14.9 Å². The second-order valence-corrected chi connectivity index (χ2v) is 10.7. The Balaban J connectivity index is 1.20. The van der Waals surface area contributed by atoms with Crippen molar-refractivity contribution in [3.05, 3.63) is 126 Å². The molecule has 0 aliphatic heterocycles. The Kier molecular flexibility index (Phi) is 7.53. The zero-order chi connectivity index (χ0) is 27.3. The zero-order valence-electron chi connectivity index (χ0n) is 22.9. The summed E-state index contributed by atoms with van der Waals surface area (Å²) in [6.07, 6.45) is 5.13. The average Bonchev–Trinajstić information content (AvgIpc) is 3.84. The van der Waals surface area contributed by atoms with Crippen LogP contribution in [0.5, 0.6) is 0 Å². The number of benzene rings is 4. The number of aromatic nitrogens is 2. The van der Waals surface area contributed by atoms with Gasteiger partial charge in [0, 0.05) is 30.9 Å². The Morgan fingerprint density at radius 2 is 1.60 bits per heavy atom. The third-order valence-corrected chi connectivity index (χ3v) is 7.57. The number of hydrogen-bond donors (Lipinski definition) is 1. The summed E-state index contributed by atoms with van der Waals surface area (Å²) in [6.45, 7) is 3.45. The minimum atomic E-state index is 0.240. The molecule has 4 aromatic carbocycles. The molecule has 5 heteroatoms. The second kappa shape index (κ2) is 11.7. The molecule has 5 aromatic rings. The van der Waals surface area contributed by atoms with Crippen molar-refractivity contribution in [1.29, 1.82) is 0 Å². The lowest BCUT2D eigenvalue weighted by Gasteiger charge is -2.23. The molecule has 0 spiro atoms. The fraction of sp³-hybridized carbons (Fsp3) is 0.229. The Hall–Kier alpha value is -4.51. The van der Waals surface area contributed by atoms with E-state index in [2.05, 4.69) is 106 Å². The number of fused-ring (bicyclic) bond motifs is 1. The molecule has 0 saturated heterocycles. The predicted molar refractivity (Wildman–Crippen MR) is 162 cm³/mol. The molecular weight excluding hydrogens is 492 g/mol. The Morgan fingerprint density at radius 1 is 0.825 bits per heavy atom. The van der Waals surface area contributed by atoms with Gasteiger partial charge in [0.2, 0.25) is 5.91 Å². The van der Waals surface area contributed by atoms with Crippen LogP contribution in [0.2, 0.25) is 0 Å². The Bertz CT molecular complexity index is 1630. The largest absolute Gasteiger partial charge is 0.365 e. The highest BCUT2D eigenvalue weighted by atomic mass is 16.2. The molecule has 1 amide bonds. The first kappa shape index (κ1) is 25.8. The fourth-order valence-corrected chi connectivity index (χ4v) is 5.28. The number of hydrogen-bond acceptors (Lipinski definition) is 4. The van der Waals surface area contributed by atoms with Gasteiger partial charge in [0.1, 0.15) is 12.1 Å². The molecule has 1 aromatic heterocycles. The summed E-state index contributed by atoms with van der Waals surface area (Å²) < 4.78 is 0. The second-order valence-electron chi connectivity index (χ2n) is 10.7. The molecule has 0 unspecified atom stereocenters. The van der Waals surface area contributed by atoms with E-state index >= 15 is 0 Å². The van der Waals surface area contributed by atoms with Crippen LogP contribution in [-0.2, 0) is 24.3 Å². The summed E-state index contributed by atoms with van der Waals surface area (Å²) in [5, 5.41) is 4.50. The van der Waals surface area contributed by atoms with E-state index in [1.807, 2.05) is 18.2 Å². The van der Waals surface area contributed by atoms with E-state index in [9.17, 15) is 4.79 Å². The summed E-state index contributed by atoms with van der Waals surface area (Å²) in [5.41, 5.74) is 7.96. The van der Waals surface area contributed by atoms with Gasteiger partial charge >= 0.3 is 0 Å². The Labute approximate surface area is 235 Å². The van der Waals surface area contributed by atoms with Gasteiger partial charge in [0.05, 0.1) is 5.52 Å². The number of rotatable bonds is 10. The predicted octanol–water partition coefficient (Wildman–Crippen LogP) is 7.34. The average molecular weight is 527 g/mol. The molecule has 5 nitrogen and oxygen atoms in total. The third kappa shape index (κ3) is 6.20. The van der Waals surface area contributed by atoms with Crippen LogP contribution < -0.4 is 5.32 Å². The molecule has 1 aliphatic rings. The fourth-order valence-electron chi connectivity index (χ4n) is 5.28. The molecule has 40 heavy (non-hydrogen) atoms. The van der Waals surface area contributed by atoms with Crippen molar-refractivity contribution in [2.24, 2.45) is 0 Å². The van der Waals surface area contributed by atoms with Crippen LogP contribution in [0.4, 0.5) is 5.82 Å². The van der Waals surface area contributed by atoms with E-state index in [0.29, 0.717) is 25.6 Å². The lowest BCUT2D eigenvalue weighted by molar-refractivity contribution is -0.132. The molecule has 0 radical (unpaired) electrons. The molecule has 1 aliphatic carbocycles. The Morgan fingerprint density at radius 3 is 2.42 bits per heavy atom. The molecule has 1 fully saturated rings. The highest BCUT2D eigenvalue weighted by molar-refractivity contribution is 5.92. The van der Waals surface area contributed by atoms with Crippen LogP contribution >= 0.6 is 0 Å². The van der Waals surface area contributed by atoms with Crippen molar-refractivity contribution in [2.75, 3.05) is 5.32 Å². The normalized spacial score (nSPS) is 12.8. The molecular formula is C35H34N4O. The first-order valence-corrected chi connectivity index (χ1v) is 14.1. The van der Waals surface area contributed by atoms with Crippen LogP contribution in [0.3, 0.4) is 0 Å². The number of carbonyl (C=O) groups is 1. The molecule has 1 saturated carbocycles. The highest BCUT2D eigenvalue weighted by Crippen LogP contribution is 2.31. The maximum absolute atomic E-state index is 13.2. The highest BCUT2D eigenvalue weighted by Gasteiger charge is 2.32. The third-order valence-electron chi connectivity index (χ3n) is 7.57. The van der Waals surface area contributed by atoms with E-state index in [1.54, 1.807) is 6.33 Å². The smallest absolute Gasteiger partial charge is 0.223 e. The van der Waals surface area contributed by atoms with Crippen molar-refractivity contribution < 1.29 is 4.79 Å². The van der Waals surface area contributed by atoms with Gasteiger partial charge in [-0.1, -0.05) is 84.4 Å². The zero-order valence-corrected chi connectivity index (χ0v) is 22.9. The summed E-state index contributed by atoms with van der Waals surface area (Å²) in [7, 11) is 0. The number of amides is 1. The lowest BCUT2D eigenvalue weighted by Crippen LogP contribution is -2.32. The summed E-state index contributed by atoms with van der Waals surface area (Å²) in [6, 6.07) is 34.0. The first-order valence-electron chi connectivity index (χ1n) is 14.1. The summed E-state index contributed by atoms with van der Waals surface area (Å²) in [5.74, 6) is 1.07. The molecule has 0 bridgehead atoms. The SMILES string of the molecule is Cc1cccc(CNc2ncnc3ccc(-c4cccc(CN(C(=O)CCc5ccccc5)C5CC5)c4)cc23)c1. The van der Waals surface area contributed by atoms with Crippen molar-refractivity contribution >= 4 is 22.6 Å². The lowest BCUT2D eigenvalue weighted by atomic mass is 10.0. The van der Waals surface area contributed by atoms with Crippen molar-refractivity contribution in [2.45, 2.75) is 51.7 Å². The van der Waals surface area contributed by atoms with E-state index in [-0.39, 0.29) is 5.91 Å².